The zero-order valence-electron chi connectivity index (χ0n) is 7.61. The van der Waals surface area contributed by atoms with Gasteiger partial charge in [-0.3, -0.25) is 0 Å². The molecule has 0 aliphatic rings. The first-order chi connectivity index (χ1) is 7.16. The third kappa shape index (κ3) is 2.27. The lowest BCUT2D eigenvalue weighted by Crippen LogP contribution is -1.89. The van der Waals surface area contributed by atoms with Crippen molar-refractivity contribution in [2.24, 2.45) is 0 Å². The van der Waals surface area contributed by atoms with Crippen LogP contribution in [0.4, 0.5) is 0 Å². The lowest BCUT2D eigenvalue weighted by Gasteiger charge is -1.96. The molecular weight excluding hydrogens is 276 g/mol. The number of benzene rings is 1. The summed E-state index contributed by atoms with van der Waals surface area (Å²) < 4.78 is 1.02. The van der Waals surface area contributed by atoms with Gasteiger partial charge >= 0.3 is 5.97 Å². The van der Waals surface area contributed by atoms with Crippen molar-refractivity contribution in [2.45, 2.75) is 0 Å². The zero-order valence-corrected chi connectivity index (χ0v) is 10.0. The van der Waals surface area contributed by atoms with Crippen LogP contribution in [0.3, 0.4) is 0 Å². The molecule has 0 aliphatic heterocycles. The SMILES string of the molecule is O=C(O)c1ccc(-c2ccc(Br)cc2)s1. The molecule has 0 unspecified atom stereocenters. The zero-order chi connectivity index (χ0) is 10.8. The van der Waals surface area contributed by atoms with E-state index in [4.69, 9.17) is 5.11 Å². The van der Waals surface area contributed by atoms with Gasteiger partial charge in [0.1, 0.15) is 4.88 Å². The Morgan fingerprint density at radius 2 is 1.80 bits per heavy atom. The number of hydrogen-bond acceptors (Lipinski definition) is 2. The standard InChI is InChI=1S/C11H7BrO2S/c12-8-3-1-7(2-4-8)9-5-6-10(15-9)11(13)14/h1-6H,(H,13,14). The first-order valence-corrected chi connectivity index (χ1v) is 5.87. The quantitative estimate of drug-likeness (QED) is 0.908. The van der Waals surface area contributed by atoms with Crippen molar-refractivity contribution in [1.82, 2.24) is 0 Å². The first kappa shape index (κ1) is 10.4. The highest BCUT2D eigenvalue weighted by atomic mass is 79.9. The van der Waals surface area contributed by atoms with Gasteiger partial charge in [-0.15, -0.1) is 11.3 Å². The van der Waals surface area contributed by atoms with Crippen molar-refractivity contribution in [1.29, 1.82) is 0 Å². The van der Waals surface area contributed by atoms with Gasteiger partial charge in [0.15, 0.2) is 0 Å². The van der Waals surface area contributed by atoms with Gasteiger partial charge in [0.2, 0.25) is 0 Å². The monoisotopic (exact) mass is 282 g/mol. The third-order valence-electron chi connectivity index (χ3n) is 1.95. The minimum absolute atomic E-state index is 0.368. The Morgan fingerprint density at radius 3 is 2.33 bits per heavy atom. The van der Waals surface area contributed by atoms with E-state index in [1.54, 1.807) is 6.07 Å². The Hall–Kier alpha value is -1.13. The summed E-state index contributed by atoms with van der Waals surface area (Å²) in [4.78, 5) is 12.0. The van der Waals surface area contributed by atoms with E-state index in [2.05, 4.69) is 15.9 Å². The fraction of sp³-hybridized carbons (Fsp3) is 0. The molecule has 0 radical (unpaired) electrons. The molecule has 1 aromatic carbocycles. The number of thiophene rings is 1. The number of rotatable bonds is 2. The van der Waals surface area contributed by atoms with E-state index < -0.39 is 5.97 Å². The van der Waals surface area contributed by atoms with Crippen LogP contribution in [-0.4, -0.2) is 11.1 Å². The number of carboxylic acids is 1. The third-order valence-corrected chi connectivity index (χ3v) is 3.60. The Kier molecular flexibility index (Phi) is 2.88. The second-order valence-corrected chi connectivity index (χ2v) is 4.98. The maximum absolute atomic E-state index is 10.7. The van der Waals surface area contributed by atoms with E-state index in [1.165, 1.54) is 11.3 Å². The van der Waals surface area contributed by atoms with E-state index in [0.29, 0.717) is 4.88 Å². The van der Waals surface area contributed by atoms with Gasteiger partial charge in [-0.1, -0.05) is 28.1 Å². The summed E-state index contributed by atoms with van der Waals surface area (Å²) in [5, 5.41) is 8.79. The molecule has 0 fully saturated rings. The summed E-state index contributed by atoms with van der Waals surface area (Å²) in [5.74, 6) is -0.872. The van der Waals surface area contributed by atoms with Crippen LogP contribution in [0.5, 0.6) is 0 Å². The fourth-order valence-electron chi connectivity index (χ4n) is 1.22. The van der Waals surface area contributed by atoms with E-state index in [0.717, 1.165) is 14.9 Å². The Bertz CT molecular complexity index is 488. The van der Waals surface area contributed by atoms with Crippen LogP contribution in [0, 0.1) is 0 Å². The topological polar surface area (TPSA) is 37.3 Å². The summed E-state index contributed by atoms with van der Waals surface area (Å²) in [5.41, 5.74) is 1.04. The van der Waals surface area contributed by atoms with Crippen LogP contribution in [0.1, 0.15) is 9.67 Å². The molecule has 1 heterocycles. The first-order valence-electron chi connectivity index (χ1n) is 4.26. The number of aromatic carboxylic acids is 1. The Balaban J connectivity index is 2.37. The number of hydrogen-bond donors (Lipinski definition) is 1. The van der Waals surface area contributed by atoms with Crippen molar-refractivity contribution in [3.63, 3.8) is 0 Å². The van der Waals surface area contributed by atoms with Crippen LogP contribution in [0.2, 0.25) is 0 Å². The highest BCUT2D eigenvalue weighted by Gasteiger charge is 2.07. The molecule has 0 amide bonds. The maximum atomic E-state index is 10.7. The predicted molar refractivity (Wildman–Crippen MR) is 64.4 cm³/mol. The van der Waals surface area contributed by atoms with Crippen molar-refractivity contribution in [3.8, 4) is 10.4 Å². The molecule has 0 atom stereocenters. The molecule has 15 heavy (non-hydrogen) atoms. The van der Waals surface area contributed by atoms with Gasteiger partial charge in [0, 0.05) is 9.35 Å². The smallest absolute Gasteiger partial charge is 0.345 e. The van der Waals surface area contributed by atoms with Crippen LogP contribution < -0.4 is 0 Å². The molecular formula is C11H7BrO2S. The molecule has 4 heteroatoms. The second kappa shape index (κ2) is 4.16. The Morgan fingerprint density at radius 1 is 1.13 bits per heavy atom. The van der Waals surface area contributed by atoms with E-state index in [1.807, 2.05) is 30.3 Å². The molecule has 76 valence electrons. The van der Waals surface area contributed by atoms with Crippen molar-refractivity contribution >= 4 is 33.2 Å². The molecule has 0 saturated carbocycles. The predicted octanol–water partition coefficient (Wildman–Crippen LogP) is 3.88. The summed E-state index contributed by atoms with van der Waals surface area (Å²) in [7, 11) is 0. The van der Waals surface area contributed by atoms with E-state index >= 15 is 0 Å². The van der Waals surface area contributed by atoms with Crippen molar-refractivity contribution < 1.29 is 9.90 Å². The average Bonchev–Trinajstić information content (AvgIpc) is 2.68. The lowest BCUT2D eigenvalue weighted by atomic mass is 10.2. The number of halogens is 1. The van der Waals surface area contributed by atoms with Gasteiger partial charge in [0.25, 0.3) is 0 Å². The van der Waals surface area contributed by atoms with E-state index in [-0.39, 0.29) is 0 Å². The molecule has 1 aromatic heterocycles. The minimum atomic E-state index is -0.872. The summed E-state index contributed by atoms with van der Waals surface area (Å²) in [6.07, 6.45) is 0. The van der Waals surface area contributed by atoms with Gasteiger partial charge in [0.05, 0.1) is 0 Å². The minimum Gasteiger partial charge on any atom is -0.477 e. The molecule has 2 nitrogen and oxygen atoms in total. The van der Waals surface area contributed by atoms with Gasteiger partial charge < -0.3 is 5.11 Å². The molecule has 2 rings (SSSR count). The molecule has 2 aromatic rings. The van der Waals surface area contributed by atoms with Crippen molar-refractivity contribution in [2.75, 3.05) is 0 Å². The summed E-state index contributed by atoms with van der Waals surface area (Å²) >= 11 is 4.64. The Labute approximate surface area is 99.3 Å². The highest BCUT2D eigenvalue weighted by Crippen LogP contribution is 2.28. The van der Waals surface area contributed by atoms with Crippen LogP contribution in [0.25, 0.3) is 10.4 Å². The normalized spacial score (nSPS) is 10.2. The molecule has 0 bridgehead atoms. The molecule has 1 N–H and O–H groups in total. The number of carboxylic acid groups (broad SMARTS) is 1. The second-order valence-electron chi connectivity index (χ2n) is 2.98. The van der Waals surface area contributed by atoms with Gasteiger partial charge in [-0.2, -0.15) is 0 Å². The van der Waals surface area contributed by atoms with Crippen LogP contribution >= 0.6 is 27.3 Å². The summed E-state index contributed by atoms with van der Waals surface area (Å²) in [6.45, 7) is 0. The fourth-order valence-corrected chi connectivity index (χ4v) is 2.34. The largest absolute Gasteiger partial charge is 0.477 e. The lowest BCUT2D eigenvalue weighted by molar-refractivity contribution is 0.0702. The van der Waals surface area contributed by atoms with Crippen LogP contribution in [-0.2, 0) is 0 Å². The molecule has 0 spiro atoms. The van der Waals surface area contributed by atoms with Gasteiger partial charge in [-0.25, -0.2) is 4.79 Å². The maximum Gasteiger partial charge on any atom is 0.345 e. The van der Waals surface area contributed by atoms with E-state index in [9.17, 15) is 4.79 Å². The van der Waals surface area contributed by atoms with Gasteiger partial charge in [-0.05, 0) is 29.8 Å². The number of carbonyl (C=O) groups is 1. The van der Waals surface area contributed by atoms with Crippen molar-refractivity contribution in [3.05, 3.63) is 45.7 Å². The highest BCUT2D eigenvalue weighted by molar-refractivity contribution is 9.10. The van der Waals surface area contributed by atoms with Crippen LogP contribution in [0.15, 0.2) is 40.9 Å². The molecule has 0 saturated heterocycles. The summed E-state index contributed by atoms with van der Waals surface area (Å²) in [6, 6.07) is 11.3. The average molecular weight is 283 g/mol. The molecule has 0 aliphatic carbocycles.